The number of piperazine rings is 1. The van der Waals surface area contributed by atoms with Crippen LogP contribution in [0, 0.1) is 5.92 Å². The van der Waals surface area contributed by atoms with Crippen LogP contribution in [0.2, 0.25) is 0 Å². The third-order valence-corrected chi connectivity index (χ3v) is 6.22. The smallest absolute Gasteiger partial charge is 0.309 e. The summed E-state index contributed by atoms with van der Waals surface area (Å²) in [4.78, 5) is 13.8. The standard InChI is InChI=1S/C13H25N3O4S/c1-3-20-13(17)12-4-6-15(7-5-12)21(18,19)16-10-8-14(2)9-11-16/h12H,3-11H2,1-2H3. The van der Waals surface area contributed by atoms with Gasteiger partial charge in [-0.1, -0.05) is 0 Å². The maximum atomic E-state index is 12.6. The number of esters is 1. The fourth-order valence-electron chi connectivity index (χ4n) is 2.76. The minimum Gasteiger partial charge on any atom is -0.466 e. The first-order chi connectivity index (χ1) is 9.95. The van der Waals surface area contributed by atoms with Crippen LogP contribution in [0.5, 0.6) is 0 Å². The molecule has 2 heterocycles. The highest BCUT2D eigenvalue weighted by Gasteiger charge is 2.36. The van der Waals surface area contributed by atoms with Gasteiger partial charge in [0.15, 0.2) is 0 Å². The molecule has 0 bridgehead atoms. The molecule has 0 aliphatic carbocycles. The van der Waals surface area contributed by atoms with Gasteiger partial charge in [0.1, 0.15) is 0 Å². The Kier molecular flexibility index (Phi) is 5.59. The minimum atomic E-state index is -3.38. The maximum Gasteiger partial charge on any atom is 0.309 e. The lowest BCUT2D eigenvalue weighted by Gasteiger charge is -2.37. The van der Waals surface area contributed by atoms with Crippen molar-refractivity contribution in [2.75, 3.05) is 52.9 Å². The SMILES string of the molecule is CCOC(=O)C1CCN(S(=O)(=O)N2CCN(C)CC2)CC1. The van der Waals surface area contributed by atoms with E-state index in [0.29, 0.717) is 45.6 Å². The highest BCUT2D eigenvalue weighted by molar-refractivity contribution is 7.86. The van der Waals surface area contributed by atoms with Gasteiger partial charge in [-0.2, -0.15) is 17.0 Å². The van der Waals surface area contributed by atoms with Gasteiger partial charge in [-0.15, -0.1) is 0 Å². The largest absolute Gasteiger partial charge is 0.466 e. The van der Waals surface area contributed by atoms with Crippen LogP contribution in [0.4, 0.5) is 0 Å². The van der Waals surface area contributed by atoms with Crippen molar-refractivity contribution >= 4 is 16.2 Å². The fraction of sp³-hybridized carbons (Fsp3) is 0.923. The minimum absolute atomic E-state index is 0.163. The zero-order valence-corrected chi connectivity index (χ0v) is 13.6. The molecule has 0 radical (unpaired) electrons. The van der Waals surface area contributed by atoms with Crippen molar-refractivity contribution < 1.29 is 17.9 Å². The topological polar surface area (TPSA) is 70.2 Å². The first-order valence-electron chi connectivity index (χ1n) is 7.55. The summed E-state index contributed by atoms with van der Waals surface area (Å²) in [7, 11) is -1.39. The number of likely N-dealkylation sites (N-methyl/N-ethyl adjacent to an activating group) is 1. The number of ether oxygens (including phenoxy) is 1. The van der Waals surface area contributed by atoms with Gasteiger partial charge in [0.05, 0.1) is 12.5 Å². The van der Waals surface area contributed by atoms with E-state index >= 15 is 0 Å². The normalized spacial score (nSPS) is 24.1. The summed E-state index contributed by atoms with van der Waals surface area (Å²) in [6, 6.07) is 0. The van der Waals surface area contributed by atoms with Crippen molar-refractivity contribution in [3.05, 3.63) is 0 Å². The summed E-state index contributed by atoms with van der Waals surface area (Å²) in [5.41, 5.74) is 0. The molecule has 0 N–H and O–H groups in total. The van der Waals surface area contributed by atoms with Gasteiger partial charge in [0.2, 0.25) is 0 Å². The van der Waals surface area contributed by atoms with Crippen molar-refractivity contribution in [2.24, 2.45) is 5.92 Å². The van der Waals surface area contributed by atoms with E-state index in [9.17, 15) is 13.2 Å². The number of carbonyl (C=O) groups excluding carboxylic acids is 1. The molecule has 2 aliphatic heterocycles. The van der Waals surface area contributed by atoms with E-state index in [1.165, 1.54) is 4.31 Å². The van der Waals surface area contributed by atoms with Gasteiger partial charge in [0.25, 0.3) is 10.2 Å². The highest BCUT2D eigenvalue weighted by Crippen LogP contribution is 2.23. The van der Waals surface area contributed by atoms with Gasteiger partial charge < -0.3 is 9.64 Å². The summed E-state index contributed by atoms with van der Waals surface area (Å²) >= 11 is 0. The maximum absolute atomic E-state index is 12.6. The van der Waals surface area contributed by atoms with Crippen LogP contribution in [0.25, 0.3) is 0 Å². The predicted molar refractivity (Wildman–Crippen MR) is 78.9 cm³/mol. The van der Waals surface area contributed by atoms with Crippen LogP contribution >= 0.6 is 0 Å². The average Bonchev–Trinajstić information content (AvgIpc) is 2.48. The molecule has 0 aromatic heterocycles. The molecular formula is C13H25N3O4S. The van der Waals surface area contributed by atoms with Gasteiger partial charge in [0, 0.05) is 39.3 Å². The Morgan fingerprint density at radius 1 is 1.05 bits per heavy atom. The van der Waals surface area contributed by atoms with E-state index in [2.05, 4.69) is 4.90 Å². The second-order valence-electron chi connectivity index (χ2n) is 5.64. The molecule has 122 valence electrons. The van der Waals surface area contributed by atoms with Crippen molar-refractivity contribution in [3.63, 3.8) is 0 Å². The molecule has 0 unspecified atom stereocenters. The molecule has 8 heteroatoms. The molecular weight excluding hydrogens is 294 g/mol. The Balaban J connectivity index is 1.90. The second kappa shape index (κ2) is 7.04. The Morgan fingerprint density at radius 3 is 2.10 bits per heavy atom. The molecule has 0 spiro atoms. The molecule has 0 atom stereocenters. The van der Waals surface area contributed by atoms with Gasteiger partial charge in [-0.3, -0.25) is 4.79 Å². The van der Waals surface area contributed by atoms with Gasteiger partial charge >= 0.3 is 5.97 Å². The third-order valence-electron chi connectivity index (χ3n) is 4.19. The Labute approximate surface area is 127 Å². The summed E-state index contributed by atoms with van der Waals surface area (Å²) in [5, 5.41) is 0. The summed E-state index contributed by atoms with van der Waals surface area (Å²) in [6.07, 6.45) is 1.09. The monoisotopic (exact) mass is 319 g/mol. The molecule has 2 fully saturated rings. The molecule has 0 aromatic carbocycles. The summed E-state index contributed by atoms with van der Waals surface area (Å²) in [6.45, 7) is 5.56. The second-order valence-corrected chi connectivity index (χ2v) is 7.56. The van der Waals surface area contributed by atoms with Crippen LogP contribution in [-0.2, 0) is 19.7 Å². The van der Waals surface area contributed by atoms with Crippen molar-refractivity contribution in [2.45, 2.75) is 19.8 Å². The van der Waals surface area contributed by atoms with E-state index in [4.69, 9.17) is 4.74 Å². The van der Waals surface area contributed by atoms with Crippen molar-refractivity contribution in [1.29, 1.82) is 0 Å². The molecule has 0 amide bonds. The van der Waals surface area contributed by atoms with E-state index in [1.807, 2.05) is 7.05 Å². The zero-order chi connectivity index (χ0) is 15.5. The Bertz CT molecular complexity index is 452. The van der Waals surface area contributed by atoms with Crippen molar-refractivity contribution in [3.8, 4) is 0 Å². The quantitative estimate of drug-likeness (QED) is 0.669. The lowest BCUT2D eigenvalue weighted by molar-refractivity contribution is -0.149. The predicted octanol–water partition coefficient (Wildman–Crippen LogP) is -0.246. The molecule has 0 aromatic rings. The Morgan fingerprint density at radius 2 is 1.57 bits per heavy atom. The zero-order valence-electron chi connectivity index (χ0n) is 12.8. The number of piperidine rings is 1. The number of rotatable bonds is 4. The van der Waals surface area contributed by atoms with Crippen LogP contribution in [0.1, 0.15) is 19.8 Å². The van der Waals surface area contributed by atoms with Gasteiger partial charge in [-0.25, -0.2) is 0 Å². The molecule has 2 aliphatic rings. The first kappa shape index (κ1) is 16.7. The Hall–Kier alpha value is -0.700. The third kappa shape index (κ3) is 3.94. The molecule has 0 saturated carbocycles. The molecule has 7 nitrogen and oxygen atoms in total. The van der Waals surface area contributed by atoms with Gasteiger partial charge in [-0.05, 0) is 26.8 Å². The highest BCUT2D eigenvalue weighted by atomic mass is 32.2. The average molecular weight is 319 g/mol. The number of hydrogen-bond donors (Lipinski definition) is 0. The lowest BCUT2D eigenvalue weighted by atomic mass is 9.98. The number of hydrogen-bond acceptors (Lipinski definition) is 5. The lowest BCUT2D eigenvalue weighted by Crippen LogP contribution is -2.53. The molecule has 2 rings (SSSR count). The molecule has 2 saturated heterocycles. The van der Waals surface area contributed by atoms with E-state index in [-0.39, 0.29) is 11.9 Å². The van der Waals surface area contributed by atoms with E-state index in [0.717, 1.165) is 13.1 Å². The number of nitrogens with zero attached hydrogens (tertiary/aromatic N) is 3. The number of carbonyl (C=O) groups is 1. The van der Waals surface area contributed by atoms with Crippen LogP contribution in [-0.4, -0.2) is 80.8 Å². The van der Waals surface area contributed by atoms with Crippen LogP contribution < -0.4 is 0 Å². The first-order valence-corrected chi connectivity index (χ1v) is 8.95. The van der Waals surface area contributed by atoms with E-state index in [1.54, 1.807) is 11.2 Å². The van der Waals surface area contributed by atoms with Crippen LogP contribution in [0.15, 0.2) is 0 Å². The summed E-state index contributed by atoms with van der Waals surface area (Å²) in [5.74, 6) is -0.363. The van der Waals surface area contributed by atoms with E-state index < -0.39 is 10.2 Å². The summed E-state index contributed by atoms with van der Waals surface area (Å²) < 4.78 is 33.2. The molecule has 21 heavy (non-hydrogen) atoms. The van der Waals surface area contributed by atoms with Crippen molar-refractivity contribution in [1.82, 2.24) is 13.5 Å². The van der Waals surface area contributed by atoms with Crippen LogP contribution in [0.3, 0.4) is 0 Å². The fourth-order valence-corrected chi connectivity index (χ4v) is 4.39.